The quantitative estimate of drug-likeness (QED) is 0.768. The summed E-state index contributed by atoms with van der Waals surface area (Å²) in [6, 6.07) is 6.89. The van der Waals surface area contributed by atoms with E-state index in [4.69, 9.17) is 0 Å². The number of benzene rings is 1. The predicted octanol–water partition coefficient (Wildman–Crippen LogP) is 3.70. The van der Waals surface area contributed by atoms with Gasteiger partial charge in [0.25, 0.3) is 10.0 Å². The van der Waals surface area contributed by atoms with E-state index in [9.17, 15) is 13.2 Å². The van der Waals surface area contributed by atoms with E-state index in [-0.39, 0.29) is 35.1 Å². The number of carbonyl (C=O) groups is 1. The number of nitrogens with one attached hydrogen (secondary N) is 2. The highest BCUT2D eigenvalue weighted by Crippen LogP contribution is 2.61. The molecule has 29 heavy (non-hydrogen) atoms. The first-order valence-corrected chi connectivity index (χ1v) is 12.3. The Bertz CT molecular complexity index is 934. The average molecular weight is 416 g/mol. The van der Waals surface area contributed by atoms with E-state index >= 15 is 0 Å². The van der Waals surface area contributed by atoms with Crippen LogP contribution in [0.15, 0.2) is 33.6 Å². The van der Waals surface area contributed by atoms with Crippen molar-refractivity contribution in [1.29, 1.82) is 0 Å². The minimum Gasteiger partial charge on any atom is -0.353 e. The molecular weight excluding hydrogens is 386 g/mol. The number of amidine groups is 1. The first-order valence-electron chi connectivity index (χ1n) is 10.8. The summed E-state index contributed by atoms with van der Waals surface area (Å²) in [6.45, 7) is 2.17. The van der Waals surface area contributed by atoms with Gasteiger partial charge in [-0.15, -0.1) is 4.40 Å². The van der Waals surface area contributed by atoms with E-state index in [1.807, 2.05) is 0 Å². The Hall–Kier alpha value is -1.89. The number of rotatable bonds is 5. The molecule has 4 bridgehead atoms. The van der Waals surface area contributed by atoms with Crippen LogP contribution in [0.2, 0.25) is 0 Å². The van der Waals surface area contributed by atoms with Crippen molar-refractivity contribution in [3.63, 3.8) is 0 Å². The Labute approximate surface area is 172 Å². The van der Waals surface area contributed by atoms with Gasteiger partial charge in [0.05, 0.1) is 5.69 Å². The van der Waals surface area contributed by atoms with E-state index < -0.39 is 10.0 Å². The van der Waals surface area contributed by atoms with Crippen molar-refractivity contribution in [2.24, 2.45) is 27.6 Å². The van der Waals surface area contributed by atoms with Crippen LogP contribution in [0.4, 0.5) is 5.69 Å². The van der Waals surface area contributed by atoms with Gasteiger partial charge in [-0.05, 0) is 80.8 Å². The summed E-state index contributed by atoms with van der Waals surface area (Å²) in [7, 11) is -3.70. The number of carbonyl (C=O) groups excluding carboxylic acids is 1. The number of hydrogen-bond donors (Lipinski definition) is 2. The van der Waals surface area contributed by atoms with E-state index in [1.54, 1.807) is 18.2 Å². The lowest BCUT2D eigenvalue weighted by Gasteiger charge is -2.59. The minimum atomic E-state index is -3.70. The standard InChI is InChI=1S/C22H29N3O3S/c1-14(22-11-15-8-16(12-22)10-17(9-15)13-22)23-21(26)7-6-20-24-18-4-2-3-5-19(18)29(27,28)25-20/h2-5,14-17H,6-13H2,1H3,(H,23,26)(H,24,25). The highest BCUT2D eigenvalue weighted by molar-refractivity contribution is 7.90. The van der Waals surface area contributed by atoms with Crippen LogP contribution in [0.5, 0.6) is 0 Å². The molecule has 1 heterocycles. The minimum absolute atomic E-state index is 0.0194. The monoisotopic (exact) mass is 415 g/mol. The van der Waals surface area contributed by atoms with E-state index in [2.05, 4.69) is 22.0 Å². The Morgan fingerprint density at radius 2 is 1.79 bits per heavy atom. The second-order valence-corrected chi connectivity index (χ2v) is 11.3. The molecule has 2 N–H and O–H groups in total. The van der Waals surface area contributed by atoms with Gasteiger partial charge in [0.1, 0.15) is 10.7 Å². The van der Waals surface area contributed by atoms with Crippen LogP contribution >= 0.6 is 0 Å². The molecule has 6 nitrogen and oxygen atoms in total. The van der Waals surface area contributed by atoms with Gasteiger partial charge in [-0.2, -0.15) is 8.42 Å². The summed E-state index contributed by atoms with van der Waals surface area (Å²) in [5, 5.41) is 6.31. The zero-order valence-electron chi connectivity index (χ0n) is 16.9. The molecule has 4 aliphatic carbocycles. The molecule has 5 aliphatic rings. The van der Waals surface area contributed by atoms with Gasteiger partial charge in [0.2, 0.25) is 5.91 Å². The molecule has 156 valence electrons. The van der Waals surface area contributed by atoms with Gasteiger partial charge < -0.3 is 10.6 Å². The highest BCUT2D eigenvalue weighted by Gasteiger charge is 2.53. The van der Waals surface area contributed by atoms with Crippen LogP contribution in [0.25, 0.3) is 0 Å². The zero-order valence-corrected chi connectivity index (χ0v) is 17.7. The molecule has 1 atom stereocenters. The second-order valence-electron chi connectivity index (χ2n) is 9.70. The maximum Gasteiger partial charge on any atom is 0.286 e. The molecule has 1 aromatic carbocycles. The van der Waals surface area contributed by atoms with Gasteiger partial charge in [0.15, 0.2) is 0 Å². The number of nitrogens with zero attached hydrogens (tertiary/aromatic N) is 1. The first-order chi connectivity index (χ1) is 13.8. The molecule has 0 radical (unpaired) electrons. The predicted molar refractivity (Wildman–Crippen MR) is 112 cm³/mol. The fourth-order valence-corrected chi connectivity index (χ4v) is 7.86. The third kappa shape index (κ3) is 3.47. The van der Waals surface area contributed by atoms with Crippen LogP contribution in [0, 0.1) is 23.2 Å². The fraction of sp³-hybridized carbons (Fsp3) is 0.636. The SMILES string of the molecule is CC(NC(=O)CCC1=NS(=O)(=O)c2ccccc2N1)C12CC3CC(CC(C3)C1)C2. The number of anilines is 1. The molecule has 6 rings (SSSR count). The number of amides is 1. The molecule has 7 heteroatoms. The van der Waals surface area contributed by atoms with Crippen LogP contribution in [-0.4, -0.2) is 26.2 Å². The van der Waals surface area contributed by atoms with Gasteiger partial charge in [-0.25, -0.2) is 0 Å². The second kappa shape index (κ2) is 6.83. The molecule has 1 amide bonds. The fourth-order valence-electron chi connectivity index (χ4n) is 6.68. The summed E-state index contributed by atoms with van der Waals surface area (Å²) < 4.78 is 28.5. The molecule has 0 aromatic heterocycles. The maximum atomic E-state index is 12.7. The maximum absolute atomic E-state index is 12.7. The van der Waals surface area contributed by atoms with E-state index in [0.29, 0.717) is 11.5 Å². The molecule has 0 saturated heterocycles. The Morgan fingerprint density at radius 3 is 2.45 bits per heavy atom. The lowest BCUT2D eigenvalue weighted by molar-refractivity contribution is -0.125. The number of sulfonamides is 1. The van der Waals surface area contributed by atoms with Gasteiger partial charge in [-0.3, -0.25) is 4.79 Å². The highest BCUT2D eigenvalue weighted by atomic mass is 32.2. The van der Waals surface area contributed by atoms with Crippen LogP contribution in [0.3, 0.4) is 0 Å². The zero-order chi connectivity index (χ0) is 20.2. The van der Waals surface area contributed by atoms with Gasteiger partial charge in [0, 0.05) is 18.9 Å². The van der Waals surface area contributed by atoms with E-state index in [1.165, 1.54) is 44.6 Å². The molecule has 1 aromatic rings. The Kier molecular flexibility index (Phi) is 4.49. The molecule has 4 fully saturated rings. The molecular formula is C22H29N3O3S. The van der Waals surface area contributed by atoms with Crippen LogP contribution < -0.4 is 10.6 Å². The van der Waals surface area contributed by atoms with Crippen molar-refractivity contribution in [2.45, 2.75) is 69.2 Å². The van der Waals surface area contributed by atoms with Crippen molar-refractivity contribution in [3.05, 3.63) is 24.3 Å². The lowest BCUT2D eigenvalue weighted by Crippen LogP contribution is -2.55. The molecule has 1 unspecified atom stereocenters. The van der Waals surface area contributed by atoms with Crippen molar-refractivity contribution in [1.82, 2.24) is 5.32 Å². The molecule has 4 saturated carbocycles. The van der Waals surface area contributed by atoms with E-state index in [0.717, 1.165) is 17.8 Å². The summed E-state index contributed by atoms with van der Waals surface area (Å²) >= 11 is 0. The number of fused-ring (bicyclic) bond motifs is 1. The Balaban J connectivity index is 1.21. The average Bonchev–Trinajstić information content (AvgIpc) is 2.65. The van der Waals surface area contributed by atoms with Crippen molar-refractivity contribution >= 4 is 27.5 Å². The van der Waals surface area contributed by atoms with Gasteiger partial charge >= 0.3 is 0 Å². The Morgan fingerprint density at radius 1 is 1.17 bits per heavy atom. The summed E-state index contributed by atoms with van der Waals surface area (Å²) in [4.78, 5) is 12.8. The number of para-hydroxylation sites is 1. The summed E-state index contributed by atoms with van der Waals surface area (Å²) in [6.07, 6.45) is 8.45. The third-order valence-corrected chi connectivity index (χ3v) is 9.02. The third-order valence-electron chi connectivity index (χ3n) is 7.64. The van der Waals surface area contributed by atoms with Crippen LogP contribution in [0.1, 0.15) is 58.3 Å². The van der Waals surface area contributed by atoms with Crippen molar-refractivity contribution in [2.75, 3.05) is 5.32 Å². The molecule has 0 spiro atoms. The smallest absolute Gasteiger partial charge is 0.286 e. The van der Waals surface area contributed by atoms with Crippen LogP contribution in [-0.2, 0) is 14.8 Å². The molecule has 1 aliphatic heterocycles. The summed E-state index contributed by atoms with van der Waals surface area (Å²) in [5.41, 5.74) is 0.799. The van der Waals surface area contributed by atoms with Gasteiger partial charge in [-0.1, -0.05) is 12.1 Å². The number of hydrogen-bond acceptors (Lipinski definition) is 4. The topological polar surface area (TPSA) is 87.6 Å². The largest absolute Gasteiger partial charge is 0.353 e. The lowest BCUT2D eigenvalue weighted by atomic mass is 9.48. The first kappa shape index (κ1) is 19.1. The van der Waals surface area contributed by atoms with Crippen molar-refractivity contribution in [3.8, 4) is 0 Å². The summed E-state index contributed by atoms with van der Waals surface area (Å²) in [5.74, 6) is 2.88. The normalized spacial score (nSPS) is 34.7. The van der Waals surface area contributed by atoms with Crippen molar-refractivity contribution < 1.29 is 13.2 Å².